The number of hydrogen-bond acceptors (Lipinski definition) is 5. The van der Waals surface area contributed by atoms with Crippen LogP contribution in [0.3, 0.4) is 0 Å². The molecule has 8 nitrogen and oxygen atoms in total. The highest BCUT2D eigenvalue weighted by Crippen LogP contribution is 2.31. The summed E-state index contributed by atoms with van der Waals surface area (Å²) in [7, 11) is 0. The molecule has 0 radical (unpaired) electrons. The third-order valence-electron chi connectivity index (χ3n) is 6.70. The van der Waals surface area contributed by atoms with Crippen LogP contribution in [0.25, 0.3) is 0 Å². The molecule has 0 bridgehead atoms. The molecule has 0 fully saturated rings. The largest absolute Gasteiger partial charge is 0.330 e. The molecular weight excluding hydrogens is 452 g/mol. The van der Waals surface area contributed by atoms with Gasteiger partial charge in [0, 0.05) is 50.1 Å². The number of amides is 3. The zero-order valence-electron chi connectivity index (χ0n) is 20.1. The SMILES string of the molecule is NCCCCN1N=C(c2ccc(NC(=O)N3Cc4ccncc4C3)cc2)C(c2ccccc2)CC1=O. The van der Waals surface area contributed by atoms with E-state index in [4.69, 9.17) is 10.8 Å². The lowest BCUT2D eigenvalue weighted by atomic mass is 9.86. The molecule has 2 aromatic carbocycles. The minimum absolute atomic E-state index is 0.0234. The quantitative estimate of drug-likeness (QED) is 0.495. The van der Waals surface area contributed by atoms with Gasteiger partial charge in [0.05, 0.1) is 5.71 Å². The maximum absolute atomic E-state index is 12.9. The second kappa shape index (κ2) is 10.7. The predicted molar refractivity (Wildman–Crippen MR) is 139 cm³/mol. The Kier molecular flexibility index (Phi) is 7.04. The lowest BCUT2D eigenvalue weighted by Crippen LogP contribution is -2.37. The number of nitrogens with two attached hydrogens (primary N) is 1. The maximum Gasteiger partial charge on any atom is 0.322 e. The number of carbonyl (C=O) groups excluding carboxylic acids is 2. The van der Waals surface area contributed by atoms with Crippen molar-refractivity contribution in [2.75, 3.05) is 18.4 Å². The van der Waals surface area contributed by atoms with Crippen molar-refractivity contribution in [1.82, 2.24) is 14.9 Å². The zero-order valence-corrected chi connectivity index (χ0v) is 20.1. The van der Waals surface area contributed by atoms with Crippen LogP contribution >= 0.6 is 0 Å². The molecule has 1 atom stereocenters. The number of nitrogens with zero attached hydrogens (tertiary/aromatic N) is 4. The van der Waals surface area contributed by atoms with Gasteiger partial charge in [-0.15, -0.1) is 0 Å². The van der Waals surface area contributed by atoms with Crippen molar-refractivity contribution in [1.29, 1.82) is 0 Å². The van der Waals surface area contributed by atoms with Gasteiger partial charge in [0.2, 0.25) is 5.91 Å². The first-order valence-electron chi connectivity index (χ1n) is 12.3. The smallest absolute Gasteiger partial charge is 0.322 e. The summed E-state index contributed by atoms with van der Waals surface area (Å²) in [6, 6.07) is 19.5. The Morgan fingerprint density at radius 3 is 2.53 bits per heavy atom. The maximum atomic E-state index is 12.9. The van der Waals surface area contributed by atoms with Crippen molar-refractivity contribution >= 4 is 23.3 Å². The Hall–Kier alpha value is -4.04. The fraction of sp³-hybridized carbons (Fsp3) is 0.286. The number of hydrazone groups is 1. The topological polar surface area (TPSA) is 104 Å². The van der Waals surface area contributed by atoms with Crippen molar-refractivity contribution in [3.8, 4) is 0 Å². The van der Waals surface area contributed by atoms with Crippen molar-refractivity contribution in [3.05, 3.63) is 95.3 Å². The van der Waals surface area contributed by atoms with Crippen molar-refractivity contribution in [2.24, 2.45) is 10.8 Å². The molecule has 8 heteroatoms. The first kappa shape index (κ1) is 23.7. The normalized spacial score (nSPS) is 17.1. The van der Waals surface area contributed by atoms with E-state index in [1.54, 1.807) is 16.1 Å². The molecule has 3 aromatic rings. The standard InChI is InChI=1S/C28H30N6O2/c29-13-4-5-15-34-26(35)16-25(20-6-2-1-3-7-20)27(32-34)21-8-10-24(11-9-21)31-28(36)33-18-22-12-14-30-17-23(22)19-33/h1-3,6-12,14,17,25H,4-5,13,15-16,18-19,29H2,(H,31,36). The molecule has 3 N–H and O–H groups in total. The Morgan fingerprint density at radius 2 is 1.78 bits per heavy atom. The summed E-state index contributed by atoms with van der Waals surface area (Å²) < 4.78 is 0. The third-order valence-corrected chi connectivity index (χ3v) is 6.70. The van der Waals surface area contributed by atoms with E-state index < -0.39 is 0 Å². The second-order valence-corrected chi connectivity index (χ2v) is 9.17. The van der Waals surface area contributed by atoms with Gasteiger partial charge < -0.3 is 16.0 Å². The minimum Gasteiger partial charge on any atom is -0.330 e. The molecule has 2 aliphatic rings. The van der Waals surface area contributed by atoms with Crippen LogP contribution in [0.4, 0.5) is 10.5 Å². The number of aromatic nitrogens is 1. The molecule has 0 saturated carbocycles. The van der Waals surface area contributed by atoms with E-state index in [0.717, 1.165) is 40.8 Å². The molecule has 0 saturated heterocycles. The number of unbranched alkanes of at least 4 members (excludes halogenated alkanes) is 1. The number of anilines is 1. The van der Waals surface area contributed by atoms with Crippen LogP contribution in [0.2, 0.25) is 0 Å². The molecular formula is C28H30N6O2. The zero-order chi connectivity index (χ0) is 24.9. The van der Waals surface area contributed by atoms with Gasteiger partial charge in [-0.05, 0) is 59.8 Å². The lowest BCUT2D eigenvalue weighted by molar-refractivity contribution is -0.132. The first-order chi connectivity index (χ1) is 17.6. The summed E-state index contributed by atoms with van der Waals surface area (Å²) in [5, 5.41) is 9.37. The van der Waals surface area contributed by atoms with Crippen LogP contribution in [0.1, 0.15) is 47.4 Å². The van der Waals surface area contributed by atoms with E-state index in [1.165, 1.54) is 0 Å². The summed E-state index contributed by atoms with van der Waals surface area (Å²) >= 11 is 0. The fourth-order valence-corrected chi connectivity index (χ4v) is 4.72. The van der Waals surface area contributed by atoms with Crippen LogP contribution in [0.15, 0.2) is 78.2 Å². The summed E-state index contributed by atoms with van der Waals surface area (Å²) in [6.45, 7) is 2.28. The molecule has 36 heavy (non-hydrogen) atoms. The van der Waals surface area contributed by atoms with E-state index >= 15 is 0 Å². The third kappa shape index (κ3) is 5.13. The van der Waals surface area contributed by atoms with Gasteiger partial charge in [-0.3, -0.25) is 9.78 Å². The monoisotopic (exact) mass is 482 g/mol. The van der Waals surface area contributed by atoms with Crippen LogP contribution < -0.4 is 11.1 Å². The van der Waals surface area contributed by atoms with Crippen molar-refractivity contribution in [3.63, 3.8) is 0 Å². The van der Waals surface area contributed by atoms with E-state index in [1.807, 2.05) is 66.9 Å². The molecule has 5 rings (SSSR count). The molecule has 3 amide bonds. The van der Waals surface area contributed by atoms with E-state index in [0.29, 0.717) is 38.3 Å². The number of fused-ring (bicyclic) bond motifs is 1. The van der Waals surface area contributed by atoms with Gasteiger partial charge >= 0.3 is 6.03 Å². The fourth-order valence-electron chi connectivity index (χ4n) is 4.72. The average Bonchev–Trinajstić information content (AvgIpc) is 3.35. The Labute approximate surface area is 210 Å². The number of pyridine rings is 1. The van der Waals surface area contributed by atoms with Gasteiger partial charge in [-0.25, -0.2) is 9.80 Å². The van der Waals surface area contributed by atoms with Gasteiger partial charge in [0.1, 0.15) is 0 Å². The molecule has 3 heterocycles. The Balaban J connectivity index is 1.34. The van der Waals surface area contributed by atoms with Gasteiger partial charge in [0.15, 0.2) is 0 Å². The van der Waals surface area contributed by atoms with Crippen LogP contribution in [-0.2, 0) is 17.9 Å². The molecule has 1 aromatic heterocycles. The van der Waals surface area contributed by atoms with Crippen molar-refractivity contribution in [2.45, 2.75) is 38.3 Å². The molecule has 184 valence electrons. The van der Waals surface area contributed by atoms with E-state index in [9.17, 15) is 9.59 Å². The molecule has 1 unspecified atom stereocenters. The lowest BCUT2D eigenvalue weighted by Gasteiger charge is -2.30. The predicted octanol–water partition coefficient (Wildman–Crippen LogP) is 4.09. The van der Waals surface area contributed by atoms with Gasteiger partial charge in [-0.2, -0.15) is 5.10 Å². The number of nitrogens with one attached hydrogen (secondary N) is 1. The second-order valence-electron chi connectivity index (χ2n) is 9.17. The summed E-state index contributed by atoms with van der Waals surface area (Å²) in [4.78, 5) is 31.6. The number of hydrogen-bond donors (Lipinski definition) is 2. The Morgan fingerprint density at radius 1 is 1.00 bits per heavy atom. The van der Waals surface area contributed by atoms with Crippen LogP contribution in [0, 0.1) is 0 Å². The van der Waals surface area contributed by atoms with Crippen LogP contribution in [-0.4, -0.2) is 45.6 Å². The van der Waals surface area contributed by atoms with E-state index in [2.05, 4.69) is 10.3 Å². The highest BCUT2D eigenvalue weighted by molar-refractivity contribution is 6.09. The number of benzene rings is 2. The van der Waals surface area contributed by atoms with Crippen molar-refractivity contribution < 1.29 is 9.59 Å². The number of urea groups is 1. The summed E-state index contributed by atoms with van der Waals surface area (Å²) in [5.41, 5.74) is 11.4. The number of rotatable bonds is 7. The highest BCUT2D eigenvalue weighted by atomic mass is 16.2. The molecule has 0 spiro atoms. The Bertz CT molecular complexity index is 1230. The highest BCUT2D eigenvalue weighted by Gasteiger charge is 2.31. The number of carbonyl (C=O) groups is 2. The average molecular weight is 483 g/mol. The first-order valence-corrected chi connectivity index (χ1v) is 12.3. The van der Waals surface area contributed by atoms with Gasteiger partial charge in [0.25, 0.3) is 0 Å². The summed E-state index contributed by atoms with van der Waals surface area (Å²) in [6.07, 6.45) is 5.60. The van der Waals surface area contributed by atoms with Gasteiger partial charge in [-0.1, -0.05) is 42.5 Å². The summed E-state index contributed by atoms with van der Waals surface area (Å²) in [5.74, 6) is -0.100. The van der Waals surface area contributed by atoms with Crippen LogP contribution in [0.5, 0.6) is 0 Å². The molecule has 0 aliphatic carbocycles. The van der Waals surface area contributed by atoms with E-state index in [-0.39, 0.29) is 17.9 Å². The minimum atomic E-state index is -0.146. The molecule has 2 aliphatic heterocycles.